The maximum atomic E-state index is 5.46. The monoisotopic (exact) mass is 928 g/mol. The number of pyridine rings is 1. The van der Waals surface area contributed by atoms with Crippen LogP contribution < -0.4 is 0 Å². The standard InChI is InChI=1S/C62H36N6S2/c1-2-14-37(15-3-1)49-22-13-23-50(63-49)38-16-12-17-41(34-38)67-51-24-8-4-18-42(51)45-30-31-53-58(59(45)67)46-21-5-9-25-52(46)68(53)62-65-60(39-28-32-56-47(35-39)43-19-6-10-26-54(43)69-56)64-61(66-62)40-29-33-57-48(36-40)44-20-7-11-27-55(44)70-57/h1-36H. The van der Waals surface area contributed by atoms with Gasteiger partial charge in [-0.05, 0) is 91.0 Å². The molecule has 326 valence electrons. The SMILES string of the molecule is c1ccc(-c2cccc(-c3cccc(-n4c5ccccc5c5ccc6c(c7ccccc7n6-c6nc(-c7ccc8sc9ccccc9c8c7)nc(-c7ccc8sc9ccccc9c8c7)n6)c54)c3)n2)cc1. The van der Waals surface area contributed by atoms with Crippen LogP contribution in [0.1, 0.15) is 0 Å². The van der Waals surface area contributed by atoms with Gasteiger partial charge >= 0.3 is 0 Å². The molecule has 15 aromatic rings. The van der Waals surface area contributed by atoms with Crippen LogP contribution in [-0.4, -0.2) is 29.1 Å². The third kappa shape index (κ3) is 6.04. The molecule has 9 aromatic carbocycles. The first-order chi connectivity index (χ1) is 34.7. The maximum absolute atomic E-state index is 5.46. The van der Waals surface area contributed by atoms with Gasteiger partial charge in [0.1, 0.15) is 0 Å². The summed E-state index contributed by atoms with van der Waals surface area (Å²) in [4.78, 5) is 21.4. The number of rotatable bonds is 6. The van der Waals surface area contributed by atoms with E-state index >= 15 is 0 Å². The minimum absolute atomic E-state index is 0.560. The van der Waals surface area contributed by atoms with Crippen LogP contribution in [0.15, 0.2) is 218 Å². The topological polar surface area (TPSA) is 61.4 Å². The molecule has 6 heterocycles. The number of benzene rings is 9. The van der Waals surface area contributed by atoms with Gasteiger partial charge in [-0.3, -0.25) is 4.57 Å². The Kier molecular flexibility index (Phi) is 8.60. The third-order valence-electron chi connectivity index (χ3n) is 13.8. The lowest BCUT2D eigenvalue weighted by Crippen LogP contribution is -2.06. The molecule has 0 fully saturated rings. The molecule has 0 aliphatic heterocycles. The van der Waals surface area contributed by atoms with E-state index in [9.17, 15) is 0 Å². The van der Waals surface area contributed by atoms with Crippen molar-refractivity contribution in [2.24, 2.45) is 0 Å². The van der Waals surface area contributed by atoms with Crippen LogP contribution in [0.4, 0.5) is 0 Å². The van der Waals surface area contributed by atoms with Crippen molar-refractivity contribution in [2.45, 2.75) is 0 Å². The molecular weight excluding hydrogens is 893 g/mol. The molecule has 6 nitrogen and oxygen atoms in total. The van der Waals surface area contributed by atoms with E-state index in [4.69, 9.17) is 19.9 Å². The van der Waals surface area contributed by atoms with Crippen molar-refractivity contribution in [3.63, 3.8) is 0 Å². The first kappa shape index (κ1) is 39.2. The molecule has 15 rings (SSSR count). The third-order valence-corrected chi connectivity index (χ3v) is 16.1. The minimum Gasteiger partial charge on any atom is -0.309 e. The lowest BCUT2D eigenvalue weighted by molar-refractivity contribution is 0.954. The molecule has 0 saturated carbocycles. The van der Waals surface area contributed by atoms with Crippen molar-refractivity contribution >= 4 is 107 Å². The zero-order valence-corrected chi connectivity index (χ0v) is 38.9. The number of nitrogens with zero attached hydrogens (tertiary/aromatic N) is 6. The summed E-state index contributed by atoms with van der Waals surface area (Å²) in [6.45, 7) is 0. The van der Waals surface area contributed by atoms with Crippen molar-refractivity contribution in [3.05, 3.63) is 218 Å². The molecule has 0 amide bonds. The highest BCUT2D eigenvalue weighted by Gasteiger charge is 2.24. The number of fused-ring (bicyclic) bond motifs is 13. The van der Waals surface area contributed by atoms with Crippen LogP contribution >= 0.6 is 22.7 Å². The van der Waals surface area contributed by atoms with Gasteiger partial charge in [0.2, 0.25) is 5.95 Å². The average molecular weight is 929 g/mol. The summed E-state index contributed by atoms with van der Waals surface area (Å²) in [7, 11) is 0. The van der Waals surface area contributed by atoms with Gasteiger partial charge in [-0.2, -0.15) is 9.97 Å². The van der Waals surface area contributed by atoms with Crippen LogP contribution in [0.25, 0.3) is 141 Å². The summed E-state index contributed by atoms with van der Waals surface area (Å²) in [5.41, 5.74) is 11.2. The van der Waals surface area contributed by atoms with Gasteiger partial charge in [-0.25, -0.2) is 9.97 Å². The van der Waals surface area contributed by atoms with Crippen molar-refractivity contribution in [1.29, 1.82) is 0 Å². The normalized spacial score (nSPS) is 12.0. The van der Waals surface area contributed by atoms with E-state index in [0.29, 0.717) is 17.6 Å². The second-order valence-electron chi connectivity index (χ2n) is 17.8. The van der Waals surface area contributed by atoms with Gasteiger partial charge in [0.05, 0.1) is 33.5 Å². The molecule has 0 aliphatic carbocycles. The number of para-hydroxylation sites is 2. The highest BCUT2D eigenvalue weighted by Crippen LogP contribution is 2.43. The molecular formula is C62H36N6S2. The largest absolute Gasteiger partial charge is 0.309 e. The molecule has 70 heavy (non-hydrogen) atoms. The van der Waals surface area contributed by atoms with E-state index < -0.39 is 0 Å². The van der Waals surface area contributed by atoms with Crippen LogP contribution in [0.2, 0.25) is 0 Å². The molecule has 6 aromatic heterocycles. The Bertz CT molecular complexity index is 4480. The molecule has 0 N–H and O–H groups in total. The van der Waals surface area contributed by atoms with E-state index in [1.807, 2.05) is 28.7 Å². The molecule has 0 atom stereocenters. The Morgan fingerprint density at radius 2 is 0.843 bits per heavy atom. The second-order valence-corrected chi connectivity index (χ2v) is 20.0. The number of aromatic nitrogens is 6. The van der Waals surface area contributed by atoms with Crippen molar-refractivity contribution in [3.8, 4) is 56.9 Å². The highest BCUT2D eigenvalue weighted by molar-refractivity contribution is 7.26. The lowest BCUT2D eigenvalue weighted by Gasteiger charge is -2.12. The Morgan fingerprint density at radius 1 is 0.300 bits per heavy atom. The molecule has 0 aliphatic rings. The fourth-order valence-corrected chi connectivity index (χ4v) is 12.8. The van der Waals surface area contributed by atoms with E-state index in [0.717, 1.165) is 72.2 Å². The quantitative estimate of drug-likeness (QED) is 0.167. The van der Waals surface area contributed by atoms with Gasteiger partial charge in [0.25, 0.3) is 0 Å². The summed E-state index contributed by atoms with van der Waals surface area (Å²) < 4.78 is 9.67. The summed E-state index contributed by atoms with van der Waals surface area (Å²) in [5, 5.41) is 9.46. The minimum atomic E-state index is 0.560. The zero-order valence-electron chi connectivity index (χ0n) is 37.3. The van der Waals surface area contributed by atoms with E-state index in [1.165, 1.54) is 51.1 Å². The maximum Gasteiger partial charge on any atom is 0.238 e. The Labute approximate surface area is 408 Å². The van der Waals surface area contributed by atoms with Crippen LogP contribution in [0, 0.1) is 0 Å². The number of hydrogen-bond donors (Lipinski definition) is 0. The Hall–Kier alpha value is -8.82. The van der Waals surface area contributed by atoms with Gasteiger partial charge < -0.3 is 4.57 Å². The molecule has 8 heteroatoms. The van der Waals surface area contributed by atoms with E-state index in [1.54, 1.807) is 0 Å². The Morgan fingerprint density at radius 3 is 1.53 bits per heavy atom. The first-order valence-electron chi connectivity index (χ1n) is 23.4. The van der Waals surface area contributed by atoms with Crippen LogP contribution in [0.3, 0.4) is 0 Å². The zero-order chi connectivity index (χ0) is 45.9. The number of hydrogen-bond acceptors (Lipinski definition) is 6. The molecule has 0 spiro atoms. The van der Waals surface area contributed by atoms with Crippen molar-refractivity contribution in [1.82, 2.24) is 29.1 Å². The summed E-state index contributed by atoms with van der Waals surface area (Å²) in [5.74, 6) is 1.80. The first-order valence-corrected chi connectivity index (χ1v) is 25.0. The van der Waals surface area contributed by atoms with Crippen molar-refractivity contribution < 1.29 is 0 Å². The fraction of sp³-hybridized carbons (Fsp3) is 0. The smallest absolute Gasteiger partial charge is 0.238 e. The Balaban J connectivity index is 0.982. The van der Waals surface area contributed by atoms with Gasteiger partial charge in [-0.15, -0.1) is 22.7 Å². The van der Waals surface area contributed by atoms with Crippen LogP contribution in [0.5, 0.6) is 0 Å². The van der Waals surface area contributed by atoms with Crippen LogP contribution in [-0.2, 0) is 0 Å². The summed E-state index contributed by atoms with van der Waals surface area (Å²) in [6, 6.07) is 77.8. The van der Waals surface area contributed by atoms with Crippen molar-refractivity contribution in [2.75, 3.05) is 0 Å². The summed E-state index contributed by atoms with van der Waals surface area (Å²) in [6.07, 6.45) is 0. The second kappa shape index (κ2) is 15.3. The lowest BCUT2D eigenvalue weighted by atomic mass is 10.1. The summed E-state index contributed by atoms with van der Waals surface area (Å²) >= 11 is 3.62. The average Bonchev–Trinajstić information content (AvgIpc) is 4.18. The number of thiophene rings is 2. The van der Waals surface area contributed by atoms with Gasteiger partial charge in [-0.1, -0.05) is 127 Å². The van der Waals surface area contributed by atoms with Gasteiger partial charge in [0, 0.05) is 89.8 Å². The van der Waals surface area contributed by atoms with E-state index in [2.05, 4.69) is 221 Å². The highest BCUT2D eigenvalue weighted by atomic mass is 32.1. The van der Waals surface area contributed by atoms with E-state index in [-0.39, 0.29) is 0 Å². The van der Waals surface area contributed by atoms with Gasteiger partial charge in [0.15, 0.2) is 11.6 Å². The molecule has 0 bridgehead atoms. The fourth-order valence-electron chi connectivity index (χ4n) is 10.6. The molecule has 0 unspecified atom stereocenters. The predicted molar refractivity (Wildman–Crippen MR) is 294 cm³/mol. The predicted octanol–water partition coefficient (Wildman–Crippen LogP) is 16.9. The molecule has 0 saturated heterocycles. The molecule has 0 radical (unpaired) electrons.